The van der Waals surface area contributed by atoms with E-state index in [1.54, 1.807) is 12.1 Å². The molecule has 4 amide bonds. The van der Waals surface area contributed by atoms with E-state index in [1.165, 1.54) is 89.5 Å². The van der Waals surface area contributed by atoms with Crippen molar-refractivity contribution in [1.29, 1.82) is 0 Å². The Morgan fingerprint density at radius 2 is 1.01 bits per heavy atom. The van der Waals surface area contributed by atoms with Crippen LogP contribution in [0.1, 0.15) is 188 Å². The van der Waals surface area contributed by atoms with Gasteiger partial charge in [-0.2, -0.15) is 0 Å². The zero-order chi connectivity index (χ0) is 52.7. The van der Waals surface area contributed by atoms with Crippen molar-refractivity contribution >= 4 is 41.0 Å². The minimum Gasteiger partial charge on any atom is -0.508 e. The third-order valence-electron chi connectivity index (χ3n) is 13.1. The molecule has 0 bridgehead atoms. The highest BCUT2D eigenvalue weighted by atomic mass is 16.3. The molecule has 2 aromatic rings. The number of benzene rings is 1. The van der Waals surface area contributed by atoms with E-state index in [0.717, 1.165) is 25.7 Å². The fraction of sp³-hybridized carbons (Fsp3) is 0.714. The maximum atomic E-state index is 14.5. The van der Waals surface area contributed by atoms with Crippen LogP contribution in [0.2, 0.25) is 0 Å². The average Bonchev–Trinajstić information content (AvgIpc) is 3.84. The van der Waals surface area contributed by atoms with Crippen LogP contribution in [0.4, 0.5) is 0 Å². The van der Waals surface area contributed by atoms with Gasteiger partial charge in [-0.3, -0.25) is 33.6 Å². The van der Waals surface area contributed by atoms with Crippen molar-refractivity contribution in [3.8, 4) is 5.75 Å². The summed E-state index contributed by atoms with van der Waals surface area (Å²) in [4.78, 5) is 104. The van der Waals surface area contributed by atoms with Gasteiger partial charge in [0.1, 0.15) is 11.8 Å². The molecular formula is C56H92N6O9. The highest BCUT2D eigenvalue weighted by Gasteiger charge is 2.35. The molecule has 0 radical (unpaired) electrons. The molecule has 0 spiro atoms. The van der Waals surface area contributed by atoms with E-state index >= 15 is 0 Å². The van der Waals surface area contributed by atoms with E-state index in [4.69, 9.17) is 0 Å². The zero-order valence-corrected chi connectivity index (χ0v) is 44.6. The number of aromatic amines is 1. The first kappa shape index (κ1) is 62.2. The number of amides is 4. The maximum Gasteiger partial charge on any atom is 0.224 e. The van der Waals surface area contributed by atoms with Gasteiger partial charge in [0.2, 0.25) is 23.6 Å². The largest absolute Gasteiger partial charge is 0.508 e. The van der Waals surface area contributed by atoms with Gasteiger partial charge in [0.15, 0.2) is 17.3 Å². The number of rotatable bonds is 40. The summed E-state index contributed by atoms with van der Waals surface area (Å²) in [7, 11) is 1.49. The van der Waals surface area contributed by atoms with Gasteiger partial charge in [0, 0.05) is 62.9 Å². The first-order valence-electron chi connectivity index (χ1n) is 26.9. The molecule has 1 heterocycles. The summed E-state index contributed by atoms with van der Waals surface area (Å²) in [5.41, 5.74) is 1.23. The van der Waals surface area contributed by atoms with Crippen LogP contribution in [-0.2, 0) is 46.4 Å². The molecule has 15 heteroatoms. The SMILES string of the molecule is CCCCCCCCCCCCCCCC(=O)N[C@@H](CC(C)C)C(=O)C[C@@H](Cc1ccc(O)cc1)C(=O)N[C@@H](CC(C)C)C(=O)C[C@@H](Cc1cnc[nH]1)C(=O)N[C@@H](CO)C(=O)C[C@@H](CC(C)C)C(=O)NC. The Balaban J connectivity index is 2.23. The molecule has 1 aromatic heterocycles. The Bertz CT molecular complexity index is 1870. The summed E-state index contributed by atoms with van der Waals surface area (Å²) in [6.07, 6.45) is 19.2. The number of aliphatic hydroxyl groups is 1. The lowest BCUT2D eigenvalue weighted by atomic mass is 9.87. The quantitative estimate of drug-likeness (QED) is 0.0315. The number of hydrogen-bond acceptors (Lipinski definition) is 10. The second-order valence-electron chi connectivity index (χ2n) is 21.2. The number of Topliss-reactive ketones (excluding diaryl/α,β-unsaturated/α-hetero) is 3. The molecule has 6 atom stereocenters. The third kappa shape index (κ3) is 26.4. The molecule has 0 unspecified atom stereocenters. The minimum atomic E-state index is -1.32. The highest BCUT2D eigenvalue weighted by molar-refractivity contribution is 5.97. The number of phenols is 1. The number of carbonyl (C=O) groups is 7. The summed E-state index contributed by atoms with van der Waals surface area (Å²) in [5.74, 6) is -5.49. The van der Waals surface area contributed by atoms with Crippen molar-refractivity contribution in [2.24, 2.45) is 35.5 Å². The number of phenolic OH excluding ortho intramolecular Hbond substituents is 1. The van der Waals surface area contributed by atoms with Crippen molar-refractivity contribution in [1.82, 2.24) is 31.2 Å². The Kier molecular flexibility index (Phi) is 30.9. The summed E-state index contributed by atoms with van der Waals surface area (Å²) in [5, 5.41) is 31.4. The number of imidazole rings is 1. The molecule has 71 heavy (non-hydrogen) atoms. The summed E-state index contributed by atoms with van der Waals surface area (Å²) >= 11 is 0. The van der Waals surface area contributed by atoms with Gasteiger partial charge in [0.05, 0.1) is 30.9 Å². The molecule has 0 aliphatic heterocycles. The zero-order valence-electron chi connectivity index (χ0n) is 44.6. The number of aromatic nitrogens is 2. The van der Waals surface area contributed by atoms with Crippen LogP contribution in [0.3, 0.4) is 0 Å². The van der Waals surface area contributed by atoms with Gasteiger partial charge in [0.25, 0.3) is 0 Å². The minimum absolute atomic E-state index is 0.0285. The van der Waals surface area contributed by atoms with Crippen LogP contribution in [0.15, 0.2) is 36.8 Å². The summed E-state index contributed by atoms with van der Waals surface area (Å²) in [6, 6.07) is 3.16. The standard InChI is InChI=1S/C56H92N6O9/c1-9-10-11-12-13-14-15-16-17-18-19-20-21-22-53(68)60-47(28-39(4)5)50(65)33-43(30-41-23-25-46(64)26-24-41)55(70)61-48(29-40(6)7)51(66)34-44(31-45-35-58-37-59-45)56(71)62-49(36-63)52(67)32-42(27-38(2)3)54(69)57-8/h23-26,35,37-40,42-44,47-49,63-64H,9-22,27-34,36H2,1-8H3,(H,57,69)(H,58,59)(H,60,68)(H,61,70)(H,62,71)/t42-,43-,44-,47+,48+,49+/m1/s1. The van der Waals surface area contributed by atoms with Crippen molar-refractivity contribution < 1.29 is 43.8 Å². The number of nitrogens with one attached hydrogen (secondary N) is 5. The van der Waals surface area contributed by atoms with Gasteiger partial charge in [-0.15, -0.1) is 0 Å². The predicted molar refractivity (Wildman–Crippen MR) is 279 cm³/mol. The molecule has 2 rings (SSSR count). The molecule has 0 saturated heterocycles. The van der Waals surface area contributed by atoms with Crippen LogP contribution >= 0.6 is 0 Å². The molecule has 0 fully saturated rings. The lowest BCUT2D eigenvalue weighted by Crippen LogP contribution is -2.49. The summed E-state index contributed by atoms with van der Waals surface area (Å²) < 4.78 is 0. The van der Waals surface area contributed by atoms with E-state index in [2.05, 4.69) is 38.2 Å². The fourth-order valence-electron chi connectivity index (χ4n) is 9.17. The second-order valence-corrected chi connectivity index (χ2v) is 21.2. The van der Waals surface area contributed by atoms with Crippen LogP contribution in [-0.4, -0.2) is 92.9 Å². The van der Waals surface area contributed by atoms with E-state index in [1.807, 2.05) is 41.5 Å². The van der Waals surface area contributed by atoms with Crippen LogP contribution in [0.25, 0.3) is 0 Å². The van der Waals surface area contributed by atoms with Gasteiger partial charge < -0.3 is 36.5 Å². The summed E-state index contributed by atoms with van der Waals surface area (Å²) in [6.45, 7) is 13.1. The lowest BCUT2D eigenvalue weighted by Gasteiger charge is -2.27. The van der Waals surface area contributed by atoms with E-state index < -0.39 is 65.9 Å². The lowest BCUT2D eigenvalue weighted by molar-refractivity contribution is -0.136. The average molecular weight is 993 g/mol. The number of aromatic hydroxyl groups is 1. The first-order valence-corrected chi connectivity index (χ1v) is 26.9. The molecule has 1 aromatic carbocycles. The molecule has 400 valence electrons. The third-order valence-corrected chi connectivity index (χ3v) is 13.1. The van der Waals surface area contributed by atoms with E-state index in [0.29, 0.717) is 30.5 Å². The number of carbonyl (C=O) groups excluding carboxylic acids is 7. The molecule has 15 nitrogen and oxygen atoms in total. The fourth-order valence-corrected chi connectivity index (χ4v) is 9.17. The van der Waals surface area contributed by atoms with Crippen molar-refractivity contribution in [2.45, 2.75) is 208 Å². The topological polar surface area (TPSA) is 237 Å². The predicted octanol–water partition coefficient (Wildman–Crippen LogP) is 8.44. The van der Waals surface area contributed by atoms with Gasteiger partial charge in [-0.05, 0) is 67.6 Å². The molecule has 7 N–H and O–H groups in total. The maximum absolute atomic E-state index is 14.5. The Morgan fingerprint density at radius 1 is 0.563 bits per heavy atom. The van der Waals surface area contributed by atoms with Gasteiger partial charge in [-0.1, -0.05) is 138 Å². The van der Waals surface area contributed by atoms with E-state index in [-0.39, 0.29) is 79.6 Å². The van der Waals surface area contributed by atoms with Gasteiger partial charge >= 0.3 is 0 Å². The first-order chi connectivity index (χ1) is 33.9. The van der Waals surface area contributed by atoms with Crippen LogP contribution in [0, 0.1) is 35.5 Å². The number of H-pyrrole nitrogens is 1. The van der Waals surface area contributed by atoms with Crippen molar-refractivity contribution in [3.05, 3.63) is 48.0 Å². The van der Waals surface area contributed by atoms with E-state index in [9.17, 15) is 43.8 Å². The number of nitrogens with zero attached hydrogens (tertiary/aromatic N) is 1. The smallest absolute Gasteiger partial charge is 0.224 e. The Labute approximate surface area is 425 Å². The second kappa shape index (κ2) is 35.2. The molecule has 0 aliphatic rings. The monoisotopic (exact) mass is 993 g/mol. The van der Waals surface area contributed by atoms with Gasteiger partial charge in [-0.25, -0.2) is 4.98 Å². The number of aliphatic hydroxyl groups excluding tert-OH is 1. The van der Waals surface area contributed by atoms with Crippen LogP contribution in [0.5, 0.6) is 5.75 Å². The number of unbranched alkanes of at least 4 members (excludes halogenated alkanes) is 12. The van der Waals surface area contributed by atoms with Crippen molar-refractivity contribution in [3.63, 3.8) is 0 Å². The van der Waals surface area contributed by atoms with Crippen molar-refractivity contribution in [2.75, 3.05) is 13.7 Å². The van der Waals surface area contributed by atoms with Crippen LogP contribution < -0.4 is 21.3 Å². The molecule has 0 saturated carbocycles. The molecular weight excluding hydrogens is 901 g/mol. The Hall–Kier alpha value is -4.92. The molecule has 0 aliphatic carbocycles. The number of hydrogen-bond donors (Lipinski definition) is 7. The normalized spacial score (nSPS) is 14.1. The Morgan fingerprint density at radius 3 is 1.48 bits per heavy atom. The highest BCUT2D eigenvalue weighted by Crippen LogP contribution is 2.23. The number of ketones is 3.